The molecule has 7 heteroatoms. The first-order valence-corrected chi connectivity index (χ1v) is 8.43. The highest BCUT2D eigenvalue weighted by molar-refractivity contribution is 9.10. The van der Waals surface area contributed by atoms with Gasteiger partial charge >= 0.3 is 0 Å². The van der Waals surface area contributed by atoms with Gasteiger partial charge in [-0.1, -0.05) is 12.1 Å². The highest BCUT2D eigenvalue weighted by atomic mass is 79.9. The van der Waals surface area contributed by atoms with Gasteiger partial charge in [0.05, 0.1) is 24.4 Å². The van der Waals surface area contributed by atoms with Crippen molar-refractivity contribution in [1.29, 1.82) is 0 Å². The fourth-order valence-electron chi connectivity index (χ4n) is 2.73. The van der Waals surface area contributed by atoms with Gasteiger partial charge in [0, 0.05) is 17.6 Å². The predicted octanol–water partition coefficient (Wildman–Crippen LogP) is 3.70. The van der Waals surface area contributed by atoms with Crippen molar-refractivity contribution < 1.29 is 9.15 Å². The van der Waals surface area contributed by atoms with Crippen LogP contribution in [0.5, 0.6) is 0 Å². The molecule has 22 heavy (non-hydrogen) atoms. The number of morpholine rings is 1. The average molecular weight is 384 g/mol. The Hall–Kier alpha value is -1.02. The van der Waals surface area contributed by atoms with Crippen molar-refractivity contribution >= 4 is 28.1 Å². The van der Waals surface area contributed by atoms with Crippen molar-refractivity contribution in [2.24, 2.45) is 0 Å². The molecular formula is C15H18BrN3O2S. The highest BCUT2D eigenvalue weighted by Crippen LogP contribution is 2.26. The quantitative estimate of drug-likeness (QED) is 0.755. The van der Waals surface area contributed by atoms with Crippen LogP contribution >= 0.6 is 28.1 Å². The first-order valence-electron chi connectivity index (χ1n) is 7.23. The van der Waals surface area contributed by atoms with Crippen LogP contribution in [0.2, 0.25) is 0 Å². The van der Waals surface area contributed by atoms with Gasteiger partial charge in [-0.2, -0.15) is 0 Å². The topological polar surface area (TPSA) is 43.4 Å². The van der Waals surface area contributed by atoms with E-state index in [0.717, 1.165) is 23.1 Å². The molecule has 0 bridgehead atoms. The van der Waals surface area contributed by atoms with Gasteiger partial charge in [-0.3, -0.25) is 4.90 Å². The summed E-state index contributed by atoms with van der Waals surface area (Å²) in [5.41, 5.74) is 0.899. The van der Waals surface area contributed by atoms with E-state index >= 15 is 0 Å². The van der Waals surface area contributed by atoms with Gasteiger partial charge in [0.15, 0.2) is 0 Å². The van der Waals surface area contributed by atoms with E-state index in [0.29, 0.717) is 17.4 Å². The van der Waals surface area contributed by atoms with Crippen molar-refractivity contribution in [1.82, 2.24) is 14.7 Å². The molecule has 0 saturated carbocycles. The SMILES string of the molecule is C[C@H]1CN(Cn2nc(-c3ccccc3Br)oc2=S)C[C@H](C)O1. The number of rotatable bonds is 3. The molecule has 0 spiro atoms. The van der Waals surface area contributed by atoms with Crippen LogP contribution in [0.3, 0.4) is 0 Å². The number of ether oxygens (including phenoxy) is 1. The van der Waals surface area contributed by atoms with Crippen LogP contribution in [0.4, 0.5) is 0 Å². The second kappa shape index (κ2) is 6.62. The van der Waals surface area contributed by atoms with Crippen LogP contribution in [-0.2, 0) is 11.4 Å². The molecule has 1 aliphatic rings. The van der Waals surface area contributed by atoms with Gasteiger partial charge in [0.2, 0.25) is 5.89 Å². The molecule has 0 amide bonds. The van der Waals surface area contributed by atoms with E-state index in [2.05, 4.69) is 39.8 Å². The van der Waals surface area contributed by atoms with Crippen molar-refractivity contribution in [3.05, 3.63) is 33.6 Å². The number of nitrogens with zero attached hydrogens (tertiary/aromatic N) is 3. The second-order valence-electron chi connectivity index (χ2n) is 5.59. The summed E-state index contributed by atoms with van der Waals surface area (Å²) in [4.78, 5) is 2.67. The fourth-order valence-corrected chi connectivity index (χ4v) is 3.36. The van der Waals surface area contributed by atoms with Gasteiger partial charge in [-0.05, 0) is 54.1 Å². The van der Waals surface area contributed by atoms with E-state index in [9.17, 15) is 0 Å². The molecule has 0 radical (unpaired) electrons. The third kappa shape index (κ3) is 3.48. The van der Waals surface area contributed by atoms with Crippen LogP contribution in [0.25, 0.3) is 11.5 Å². The van der Waals surface area contributed by atoms with E-state index in [4.69, 9.17) is 21.4 Å². The molecule has 1 saturated heterocycles. The van der Waals surface area contributed by atoms with E-state index in [1.54, 1.807) is 4.68 Å². The Balaban J connectivity index is 1.81. The largest absolute Gasteiger partial charge is 0.409 e. The summed E-state index contributed by atoms with van der Waals surface area (Å²) in [5.74, 6) is 0.534. The fraction of sp³-hybridized carbons (Fsp3) is 0.467. The van der Waals surface area contributed by atoms with Gasteiger partial charge in [-0.25, -0.2) is 4.68 Å². The Morgan fingerprint density at radius 3 is 2.64 bits per heavy atom. The highest BCUT2D eigenvalue weighted by Gasteiger charge is 2.23. The molecule has 0 N–H and O–H groups in total. The first kappa shape index (κ1) is 15.9. The van der Waals surface area contributed by atoms with Gasteiger partial charge in [0.25, 0.3) is 4.84 Å². The van der Waals surface area contributed by atoms with Crippen molar-refractivity contribution in [2.75, 3.05) is 13.1 Å². The minimum absolute atomic E-state index is 0.215. The summed E-state index contributed by atoms with van der Waals surface area (Å²) >= 11 is 8.81. The Morgan fingerprint density at radius 1 is 1.27 bits per heavy atom. The molecule has 1 aromatic heterocycles. The lowest BCUT2D eigenvalue weighted by Crippen LogP contribution is -2.46. The van der Waals surface area contributed by atoms with Crippen LogP contribution in [-0.4, -0.2) is 40.0 Å². The van der Waals surface area contributed by atoms with Crippen molar-refractivity contribution in [3.63, 3.8) is 0 Å². The van der Waals surface area contributed by atoms with Gasteiger partial charge in [-0.15, -0.1) is 5.10 Å². The van der Waals surface area contributed by atoms with Gasteiger partial charge < -0.3 is 9.15 Å². The van der Waals surface area contributed by atoms with Crippen LogP contribution in [0.15, 0.2) is 33.2 Å². The van der Waals surface area contributed by atoms with Crippen molar-refractivity contribution in [3.8, 4) is 11.5 Å². The maximum Gasteiger partial charge on any atom is 0.288 e. The number of aromatic nitrogens is 2. The Labute approximate surface area is 143 Å². The van der Waals surface area contributed by atoms with Crippen LogP contribution in [0, 0.1) is 4.84 Å². The van der Waals surface area contributed by atoms with E-state index in [1.807, 2.05) is 24.3 Å². The molecule has 2 aromatic rings. The molecule has 2 heterocycles. The number of hydrogen-bond acceptors (Lipinski definition) is 5. The predicted molar refractivity (Wildman–Crippen MR) is 90.0 cm³/mol. The molecule has 1 fully saturated rings. The third-order valence-corrected chi connectivity index (χ3v) is 4.53. The smallest absolute Gasteiger partial charge is 0.288 e. The lowest BCUT2D eigenvalue weighted by molar-refractivity contribution is -0.0778. The zero-order valence-electron chi connectivity index (χ0n) is 12.5. The Bertz CT molecular complexity index is 705. The number of hydrogen-bond donors (Lipinski definition) is 0. The summed E-state index contributed by atoms with van der Waals surface area (Å²) in [6.07, 6.45) is 0.431. The Morgan fingerprint density at radius 2 is 1.95 bits per heavy atom. The number of halogens is 1. The molecule has 3 rings (SSSR count). The second-order valence-corrected chi connectivity index (χ2v) is 6.79. The summed E-state index contributed by atoms with van der Waals surface area (Å²) in [5, 5.41) is 4.52. The molecule has 0 unspecified atom stereocenters. The summed E-state index contributed by atoms with van der Waals surface area (Å²) in [7, 11) is 0. The Kier molecular flexibility index (Phi) is 4.77. The third-order valence-electron chi connectivity index (χ3n) is 3.54. The number of benzene rings is 1. The summed E-state index contributed by atoms with van der Waals surface area (Å²) < 4.78 is 14.1. The molecular weight excluding hydrogens is 366 g/mol. The van der Waals surface area contributed by atoms with E-state index in [-0.39, 0.29) is 12.2 Å². The standard InChI is InChI=1S/C15H18BrN3O2S/c1-10-7-18(8-11(2)20-10)9-19-15(22)21-14(17-19)12-5-3-4-6-13(12)16/h3-6,10-11H,7-9H2,1-2H3/t10-,11-/m0/s1. The monoisotopic (exact) mass is 383 g/mol. The zero-order valence-corrected chi connectivity index (χ0v) is 14.9. The minimum Gasteiger partial charge on any atom is -0.409 e. The normalized spacial score (nSPS) is 22.9. The van der Waals surface area contributed by atoms with Gasteiger partial charge in [0.1, 0.15) is 0 Å². The molecule has 1 aliphatic heterocycles. The van der Waals surface area contributed by atoms with Crippen LogP contribution < -0.4 is 0 Å². The molecule has 1 aromatic carbocycles. The molecule has 5 nitrogen and oxygen atoms in total. The summed E-state index contributed by atoms with van der Waals surface area (Å²) in [6, 6.07) is 7.81. The molecule has 0 aliphatic carbocycles. The summed E-state index contributed by atoms with van der Waals surface area (Å²) in [6.45, 7) is 6.51. The average Bonchev–Trinajstić information content (AvgIpc) is 2.79. The molecule has 118 valence electrons. The van der Waals surface area contributed by atoms with E-state index in [1.165, 1.54) is 0 Å². The van der Waals surface area contributed by atoms with Crippen LogP contribution in [0.1, 0.15) is 13.8 Å². The lowest BCUT2D eigenvalue weighted by Gasteiger charge is -2.34. The lowest BCUT2D eigenvalue weighted by atomic mass is 10.2. The maximum absolute atomic E-state index is 5.75. The molecule has 2 atom stereocenters. The minimum atomic E-state index is 0.215. The zero-order chi connectivity index (χ0) is 15.7. The van der Waals surface area contributed by atoms with Crippen molar-refractivity contribution in [2.45, 2.75) is 32.7 Å². The first-order chi connectivity index (χ1) is 10.5. The van der Waals surface area contributed by atoms with E-state index < -0.39 is 0 Å². The maximum atomic E-state index is 5.75.